The van der Waals surface area contributed by atoms with Crippen molar-refractivity contribution in [3.8, 4) is 0 Å². The number of pyridine rings is 1. The summed E-state index contributed by atoms with van der Waals surface area (Å²) in [6.45, 7) is 10.4. The third-order valence-corrected chi connectivity index (χ3v) is 5.83. The smallest absolute Gasteiger partial charge is 0.148 e. The lowest BCUT2D eigenvalue weighted by molar-refractivity contribution is -0.118. The third kappa shape index (κ3) is 6.40. The van der Waals surface area contributed by atoms with Crippen LogP contribution in [0.5, 0.6) is 0 Å². The number of ketones is 1. The molecule has 0 aliphatic carbocycles. The Morgan fingerprint density at radius 3 is 2.72 bits per heavy atom. The Morgan fingerprint density at radius 2 is 2.00 bits per heavy atom. The van der Waals surface area contributed by atoms with Crippen molar-refractivity contribution in [1.29, 1.82) is 0 Å². The first kappa shape index (κ1) is 23.9. The minimum absolute atomic E-state index is 0.170. The van der Waals surface area contributed by atoms with Gasteiger partial charge in [0.15, 0.2) is 0 Å². The minimum atomic E-state index is 0.170. The minimum Gasteiger partial charge on any atom is -0.395 e. The van der Waals surface area contributed by atoms with E-state index in [1.807, 2.05) is 12.3 Å². The molecule has 1 aromatic heterocycles. The molecule has 1 aliphatic heterocycles. The number of nitrogen functional groups attached to an aromatic ring is 2. The van der Waals surface area contributed by atoms with Gasteiger partial charge in [-0.2, -0.15) is 0 Å². The number of hydrogen-bond donors (Lipinski definition) is 2. The Balaban J connectivity index is 1.65. The number of Topliss-reactive ketones (excluding diaryl/α,β-unsaturated/α-hetero) is 1. The molecule has 8 nitrogen and oxygen atoms in total. The fourth-order valence-electron chi connectivity index (χ4n) is 3.79. The first-order valence-electron chi connectivity index (χ1n) is 11.5. The number of unbranched alkanes of at least 4 members (excludes halogenated alkanes) is 1. The Kier molecular flexibility index (Phi) is 8.81. The normalized spacial score (nSPS) is 15.1. The van der Waals surface area contributed by atoms with Crippen LogP contribution >= 0.6 is 0 Å². The van der Waals surface area contributed by atoms with Crippen LogP contribution in [0.3, 0.4) is 0 Å². The second-order valence-electron chi connectivity index (χ2n) is 8.31. The molecule has 4 N–H and O–H groups in total. The van der Waals surface area contributed by atoms with Crippen LogP contribution in [-0.4, -0.2) is 74.4 Å². The molecule has 0 bridgehead atoms. The Labute approximate surface area is 190 Å². The summed E-state index contributed by atoms with van der Waals surface area (Å²) in [6.07, 6.45) is 4.49. The number of nitrogens with zero attached hydrogens (tertiary/aromatic N) is 4. The van der Waals surface area contributed by atoms with E-state index in [1.54, 1.807) is 6.92 Å². The fraction of sp³-hybridized carbons (Fsp3) is 0.542. The maximum absolute atomic E-state index is 11.0. The van der Waals surface area contributed by atoms with E-state index in [1.165, 1.54) is 0 Å². The highest BCUT2D eigenvalue weighted by Crippen LogP contribution is 2.30. The average Bonchev–Trinajstić information content (AvgIpc) is 2.79. The molecule has 1 saturated heterocycles. The van der Waals surface area contributed by atoms with Crippen molar-refractivity contribution < 1.29 is 9.53 Å². The molecule has 32 heavy (non-hydrogen) atoms. The van der Waals surface area contributed by atoms with Crippen molar-refractivity contribution in [2.45, 2.75) is 33.1 Å². The molecule has 0 saturated carbocycles. The first-order chi connectivity index (χ1) is 15.5. The molecule has 1 aliphatic rings. The zero-order chi connectivity index (χ0) is 22.9. The summed E-state index contributed by atoms with van der Waals surface area (Å²) < 4.78 is 5.57. The number of carbonyl (C=O) groups is 1. The quantitative estimate of drug-likeness (QED) is 0.408. The standard InChI is InChI=1S/C24H36N6O2/c1-3-4-8-27-17-21-20-16-19(5-6-22(20)28-24(26)23(21)25)30-11-9-29(10-12-30)13-15-32-14-7-18(2)31/h5-6,16-17H,3-4,7-15,25H2,1-2H3,(H2,26,28). The van der Waals surface area contributed by atoms with Gasteiger partial charge in [-0.25, -0.2) is 4.98 Å². The number of fused-ring (bicyclic) bond motifs is 1. The third-order valence-electron chi connectivity index (χ3n) is 5.83. The SMILES string of the molecule is CCCCN=Cc1c(N)c(N)nc2ccc(N3CCN(CCOCCC(C)=O)CC3)cc12. The molecular formula is C24H36N6O2. The molecule has 2 aromatic rings. The first-order valence-corrected chi connectivity index (χ1v) is 11.5. The zero-order valence-corrected chi connectivity index (χ0v) is 19.3. The molecule has 0 atom stereocenters. The number of benzene rings is 1. The molecule has 1 aromatic carbocycles. The van der Waals surface area contributed by atoms with Crippen LogP contribution in [0, 0.1) is 0 Å². The Morgan fingerprint density at radius 1 is 1.22 bits per heavy atom. The lowest BCUT2D eigenvalue weighted by atomic mass is 10.1. The van der Waals surface area contributed by atoms with Crippen LogP contribution in [0.15, 0.2) is 23.2 Å². The molecule has 2 heterocycles. The van der Waals surface area contributed by atoms with Crippen molar-refractivity contribution >= 4 is 40.1 Å². The summed E-state index contributed by atoms with van der Waals surface area (Å²) in [5.41, 5.74) is 15.6. The van der Waals surface area contributed by atoms with E-state index in [4.69, 9.17) is 16.2 Å². The van der Waals surface area contributed by atoms with E-state index >= 15 is 0 Å². The van der Waals surface area contributed by atoms with Crippen LogP contribution in [0.2, 0.25) is 0 Å². The molecule has 0 unspecified atom stereocenters. The van der Waals surface area contributed by atoms with E-state index in [2.05, 4.69) is 38.8 Å². The maximum atomic E-state index is 11.0. The number of anilines is 3. The number of rotatable bonds is 11. The lowest BCUT2D eigenvalue weighted by Gasteiger charge is -2.36. The maximum Gasteiger partial charge on any atom is 0.148 e. The van der Waals surface area contributed by atoms with Gasteiger partial charge in [-0.3, -0.25) is 14.7 Å². The summed E-state index contributed by atoms with van der Waals surface area (Å²) in [5, 5.41) is 0.982. The molecule has 8 heteroatoms. The van der Waals surface area contributed by atoms with E-state index in [0.29, 0.717) is 31.1 Å². The van der Waals surface area contributed by atoms with Crippen molar-refractivity contribution in [1.82, 2.24) is 9.88 Å². The van der Waals surface area contributed by atoms with Gasteiger partial charge in [-0.05, 0) is 31.5 Å². The highest BCUT2D eigenvalue weighted by Gasteiger charge is 2.18. The van der Waals surface area contributed by atoms with E-state index in [0.717, 1.165) is 74.3 Å². The monoisotopic (exact) mass is 440 g/mol. The number of piperazine rings is 1. The van der Waals surface area contributed by atoms with E-state index in [-0.39, 0.29) is 5.78 Å². The summed E-state index contributed by atoms with van der Waals surface area (Å²) in [7, 11) is 0. The number of nitrogens with two attached hydrogens (primary N) is 2. The Hall–Kier alpha value is -2.71. The molecule has 0 spiro atoms. The summed E-state index contributed by atoms with van der Waals surface area (Å²) in [4.78, 5) is 24.8. The predicted molar refractivity (Wildman–Crippen MR) is 133 cm³/mol. The molecule has 3 rings (SSSR count). The highest BCUT2D eigenvalue weighted by molar-refractivity contribution is 6.06. The second-order valence-corrected chi connectivity index (χ2v) is 8.31. The molecule has 0 amide bonds. The lowest BCUT2D eigenvalue weighted by Crippen LogP contribution is -2.47. The molecule has 1 fully saturated rings. The molecule has 174 valence electrons. The highest BCUT2D eigenvalue weighted by atomic mass is 16.5. The van der Waals surface area contributed by atoms with Gasteiger partial charge in [0.2, 0.25) is 0 Å². The number of hydrogen-bond acceptors (Lipinski definition) is 8. The van der Waals surface area contributed by atoms with Gasteiger partial charge in [0.1, 0.15) is 11.6 Å². The number of ether oxygens (including phenoxy) is 1. The van der Waals surface area contributed by atoms with E-state index in [9.17, 15) is 4.79 Å². The van der Waals surface area contributed by atoms with Crippen LogP contribution in [0.25, 0.3) is 10.9 Å². The number of carbonyl (C=O) groups excluding carboxylic acids is 1. The van der Waals surface area contributed by atoms with Crippen molar-refractivity contribution in [3.63, 3.8) is 0 Å². The second kappa shape index (κ2) is 11.8. The topological polar surface area (TPSA) is 110 Å². The summed E-state index contributed by atoms with van der Waals surface area (Å²) in [5.74, 6) is 0.519. The molecule has 0 radical (unpaired) electrons. The average molecular weight is 441 g/mol. The van der Waals surface area contributed by atoms with Crippen LogP contribution in [-0.2, 0) is 9.53 Å². The zero-order valence-electron chi connectivity index (χ0n) is 19.3. The fourth-order valence-corrected chi connectivity index (χ4v) is 3.79. The van der Waals surface area contributed by atoms with Crippen LogP contribution < -0.4 is 16.4 Å². The van der Waals surface area contributed by atoms with E-state index < -0.39 is 0 Å². The van der Waals surface area contributed by atoms with Gasteiger partial charge < -0.3 is 21.1 Å². The van der Waals surface area contributed by atoms with Crippen LogP contribution in [0.1, 0.15) is 38.7 Å². The molecular weight excluding hydrogens is 404 g/mol. The predicted octanol–water partition coefficient (Wildman–Crippen LogP) is 2.74. The van der Waals surface area contributed by atoms with Crippen molar-refractivity contribution in [2.75, 3.05) is 68.8 Å². The number of aliphatic imine (C=N–C) groups is 1. The van der Waals surface area contributed by atoms with Crippen molar-refractivity contribution in [3.05, 3.63) is 23.8 Å². The largest absolute Gasteiger partial charge is 0.395 e. The van der Waals surface area contributed by atoms with Gasteiger partial charge >= 0.3 is 0 Å². The van der Waals surface area contributed by atoms with Gasteiger partial charge in [0.25, 0.3) is 0 Å². The number of aromatic nitrogens is 1. The van der Waals surface area contributed by atoms with Gasteiger partial charge in [-0.15, -0.1) is 0 Å². The van der Waals surface area contributed by atoms with Crippen LogP contribution in [0.4, 0.5) is 17.2 Å². The van der Waals surface area contributed by atoms with Gasteiger partial charge in [0.05, 0.1) is 24.4 Å². The van der Waals surface area contributed by atoms with Gasteiger partial charge in [0, 0.05) is 68.5 Å². The van der Waals surface area contributed by atoms with Crippen molar-refractivity contribution in [2.24, 2.45) is 4.99 Å². The van der Waals surface area contributed by atoms with Gasteiger partial charge in [-0.1, -0.05) is 13.3 Å². The Bertz CT molecular complexity index is 938. The summed E-state index contributed by atoms with van der Waals surface area (Å²) >= 11 is 0. The summed E-state index contributed by atoms with van der Waals surface area (Å²) in [6, 6.07) is 6.27.